The lowest BCUT2D eigenvalue weighted by atomic mass is 10.1. The largest absolute Gasteiger partial charge is 0.455 e. The normalized spacial score (nSPS) is 13.8. The van der Waals surface area contributed by atoms with E-state index in [2.05, 4.69) is 4.74 Å². The second-order valence-electron chi connectivity index (χ2n) is 4.94. The minimum atomic E-state index is -6.69. The van der Waals surface area contributed by atoms with E-state index in [1.807, 2.05) is 0 Å². The number of ether oxygens (including phenoxy) is 1. The first-order chi connectivity index (χ1) is 12.0. The quantitative estimate of drug-likeness (QED) is 0.467. The first-order valence-electron chi connectivity index (χ1n) is 6.41. The topological polar surface area (TPSA) is 26.3 Å². The van der Waals surface area contributed by atoms with E-state index in [9.17, 15) is 57.5 Å². The summed E-state index contributed by atoms with van der Waals surface area (Å²) in [4.78, 5) is 11.4. The predicted molar refractivity (Wildman–Crippen MR) is 62.5 cm³/mol. The van der Waals surface area contributed by atoms with Crippen molar-refractivity contribution in [1.82, 2.24) is 0 Å². The summed E-state index contributed by atoms with van der Waals surface area (Å²) in [6.07, 6.45) is -10.5. The summed E-state index contributed by atoms with van der Waals surface area (Å²) < 4.78 is 156. The van der Waals surface area contributed by atoms with Crippen LogP contribution in [0.15, 0.2) is 18.2 Å². The van der Waals surface area contributed by atoms with Crippen LogP contribution in [0.25, 0.3) is 0 Å². The Morgan fingerprint density at radius 2 is 1.48 bits per heavy atom. The maximum atomic E-state index is 13.6. The van der Waals surface area contributed by atoms with Crippen molar-refractivity contribution < 1.29 is 62.2 Å². The number of benzene rings is 1. The molecule has 0 radical (unpaired) electrons. The van der Waals surface area contributed by atoms with Gasteiger partial charge in [0.1, 0.15) is 5.82 Å². The van der Waals surface area contributed by atoms with E-state index >= 15 is 0 Å². The second-order valence-corrected chi connectivity index (χ2v) is 4.94. The first kappa shape index (κ1) is 22.9. The Bertz CT molecular complexity index is 695. The minimum Gasteiger partial charge on any atom is -0.455 e. The van der Waals surface area contributed by atoms with E-state index in [1.165, 1.54) is 0 Å². The molecule has 2 nitrogen and oxygen atoms in total. The van der Waals surface area contributed by atoms with Gasteiger partial charge < -0.3 is 4.74 Å². The van der Waals surface area contributed by atoms with E-state index < -0.39 is 59.9 Å². The lowest BCUT2D eigenvalue weighted by Gasteiger charge is -2.31. The summed E-state index contributed by atoms with van der Waals surface area (Å²) in [5, 5.41) is 0. The zero-order valence-corrected chi connectivity index (χ0v) is 12.4. The van der Waals surface area contributed by atoms with Gasteiger partial charge in [0.25, 0.3) is 0 Å². The van der Waals surface area contributed by atoms with Crippen molar-refractivity contribution in [3.05, 3.63) is 35.1 Å². The lowest BCUT2D eigenvalue weighted by molar-refractivity contribution is -0.343. The Morgan fingerprint density at radius 1 is 0.963 bits per heavy atom. The van der Waals surface area contributed by atoms with Crippen molar-refractivity contribution in [2.45, 2.75) is 30.4 Å². The molecule has 0 aromatic heterocycles. The lowest BCUT2D eigenvalue weighted by Crippen LogP contribution is -2.59. The smallest absolute Gasteiger partial charge is 0.419 e. The number of hydrogen-bond donors (Lipinski definition) is 0. The van der Waals surface area contributed by atoms with E-state index in [-0.39, 0.29) is 6.07 Å². The Balaban J connectivity index is 3.06. The zero-order chi connectivity index (χ0) is 21.4. The molecule has 0 N–H and O–H groups in total. The highest BCUT2D eigenvalue weighted by Crippen LogP contribution is 2.48. The summed E-state index contributed by atoms with van der Waals surface area (Å²) >= 11 is 0. The van der Waals surface area contributed by atoms with Gasteiger partial charge in [-0.2, -0.15) is 39.5 Å². The Hall–Kier alpha value is -2.15. The molecule has 1 aromatic rings. The fourth-order valence-corrected chi connectivity index (χ4v) is 1.61. The molecule has 0 bridgehead atoms. The van der Waals surface area contributed by atoms with Gasteiger partial charge in [-0.05, 0) is 12.1 Å². The number of hydrogen-bond acceptors (Lipinski definition) is 2. The molecule has 0 heterocycles. The van der Waals surface area contributed by atoms with Crippen molar-refractivity contribution in [2.24, 2.45) is 0 Å². The van der Waals surface area contributed by atoms with Crippen molar-refractivity contribution in [3.63, 3.8) is 0 Å². The highest BCUT2D eigenvalue weighted by atomic mass is 19.4. The third-order valence-electron chi connectivity index (χ3n) is 3.06. The molecule has 154 valence electrons. The summed E-state index contributed by atoms with van der Waals surface area (Å²) in [5.41, 5.74) is -3.65. The maximum Gasteiger partial charge on any atom is 0.419 e. The summed E-state index contributed by atoms with van der Waals surface area (Å²) in [6, 6.07) is 0.898. The van der Waals surface area contributed by atoms with E-state index in [4.69, 9.17) is 0 Å². The standard InChI is InChI=1S/C13H6F12O2/c14-7-5(2-1-3-6(7)12(21,22)23)8(26)27-4-10(17,18)13(24,25)11(19,20)9(15)16/h1-3,9H,4H2. The van der Waals surface area contributed by atoms with Gasteiger partial charge in [0.05, 0.1) is 11.1 Å². The Morgan fingerprint density at radius 3 is 1.93 bits per heavy atom. The number of rotatable bonds is 6. The molecular formula is C13H6F12O2. The fraction of sp³-hybridized carbons (Fsp3) is 0.462. The molecule has 1 aromatic carbocycles. The van der Waals surface area contributed by atoms with Gasteiger partial charge >= 0.3 is 36.3 Å². The van der Waals surface area contributed by atoms with Crippen LogP contribution >= 0.6 is 0 Å². The Labute approximate surface area is 141 Å². The average Bonchev–Trinajstić information content (AvgIpc) is 2.51. The van der Waals surface area contributed by atoms with Crippen LogP contribution in [-0.4, -0.2) is 36.8 Å². The molecule has 0 amide bonds. The van der Waals surface area contributed by atoms with Crippen LogP contribution in [0.5, 0.6) is 0 Å². The van der Waals surface area contributed by atoms with Crippen LogP contribution in [0, 0.1) is 5.82 Å². The molecule has 0 fully saturated rings. The van der Waals surface area contributed by atoms with E-state index in [0.717, 1.165) is 0 Å². The van der Waals surface area contributed by atoms with Gasteiger partial charge in [-0.1, -0.05) is 6.07 Å². The average molecular weight is 422 g/mol. The maximum absolute atomic E-state index is 13.6. The molecule has 0 saturated carbocycles. The van der Waals surface area contributed by atoms with Crippen LogP contribution in [0.2, 0.25) is 0 Å². The minimum absolute atomic E-state index is 0.151. The SMILES string of the molecule is O=C(OCC(F)(F)C(F)(F)C(F)(F)C(F)F)c1cccc(C(F)(F)F)c1F. The van der Waals surface area contributed by atoms with Crippen LogP contribution in [0.1, 0.15) is 15.9 Å². The summed E-state index contributed by atoms with van der Waals surface area (Å²) in [6.45, 7) is -2.93. The fourth-order valence-electron chi connectivity index (χ4n) is 1.61. The summed E-state index contributed by atoms with van der Waals surface area (Å²) in [5.74, 6) is -23.9. The van der Waals surface area contributed by atoms with Crippen LogP contribution in [0.4, 0.5) is 52.7 Å². The predicted octanol–water partition coefficient (Wildman–Crippen LogP) is 5.17. The van der Waals surface area contributed by atoms with E-state index in [0.29, 0.717) is 12.1 Å². The van der Waals surface area contributed by atoms with Crippen molar-refractivity contribution in [1.29, 1.82) is 0 Å². The highest BCUT2D eigenvalue weighted by Gasteiger charge is 2.75. The molecule has 27 heavy (non-hydrogen) atoms. The molecule has 0 aliphatic heterocycles. The van der Waals surface area contributed by atoms with Crippen molar-refractivity contribution in [2.75, 3.05) is 6.61 Å². The second kappa shape index (κ2) is 7.11. The van der Waals surface area contributed by atoms with Gasteiger partial charge in [-0.15, -0.1) is 0 Å². The summed E-state index contributed by atoms with van der Waals surface area (Å²) in [7, 11) is 0. The number of carbonyl (C=O) groups is 1. The van der Waals surface area contributed by atoms with Gasteiger partial charge in [0, 0.05) is 0 Å². The van der Waals surface area contributed by atoms with Crippen LogP contribution in [0.3, 0.4) is 0 Å². The highest BCUT2D eigenvalue weighted by molar-refractivity contribution is 5.90. The molecule has 0 saturated heterocycles. The number of alkyl halides is 11. The molecule has 14 heteroatoms. The van der Waals surface area contributed by atoms with Crippen LogP contribution in [-0.2, 0) is 10.9 Å². The first-order valence-corrected chi connectivity index (χ1v) is 6.41. The number of carbonyl (C=O) groups excluding carboxylic acids is 1. The monoisotopic (exact) mass is 422 g/mol. The molecule has 0 aliphatic carbocycles. The Kier molecular flexibility index (Phi) is 6.03. The van der Waals surface area contributed by atoms with Gasteiger partial charge in [-0.3, -0.25) is 0 Å². The number of esters is 1. The van der Waals surface area contributed by atoms with Crippen molar-refractivity contribution >= 4 is 5.97 Å². The van der Waals surface area contributed by atoms with Gasteiger partial charge in [0.2, 0.25) is 0 Å². The third-order valence-corrected chi connectivity index (χ3v) is 3.06. The third kappa shape index (κ3) is 4.24. The van der Waals surface area contributed by atoms with Crippen molar-refractivity contribution in [3.8, 4) is 0 Å². The molecular weight excluding hydrogens is 416 g/mol. The molecule has 1 rings (SSSR count). The molecule has 0 unspecified atom stereocenters. The number of halogens is 12. The molecule has 0 aliphatic rings. The molecule has 0 spiro atoms. The zero-order valence-electron chi connectivity index (χ0n) is 12.4. The van der Waals surface area contributed by atoms with Gasteiger partial charge in [0.15, 0.2) is 6.61 Å². The van der Waals surface area contributed by atoms with Crippen LogP contribution < -0.4 is 0 Å². The molecule has 0 atom stereocenters. The van der Waals surface area contributed by atoms with Gasteiger partial charge in [-0.25, -0.2) is 18.0 Å². The van der Waals surface area contributed by atoms with E-state index in [1.54, 1.807) is 0 Å².